The van der Waals surface area contributed by atoms with Crippen molar-refractivity contribution in [2.45, 2.75) is 39.7 Å². The zero-order valence-electron chi connectivity index (χ0n) is 20.6. The quantitative estimate of drug-likeness (QED) is 0.355. The van der Waals surface area contributed by atoms with Gasteiger partial charge in [-0.3, -0.25) is 19.2 Å². The van der Waals surface area contributed by atoms with Crippen LogP contribution in [0.15, 0.2) is 46.6 Å². The summed E-state index contributed by atoms with van der Waals surface area (Å²) < 4.78 is 5.11. The van der Waals surface area contributed by atoms with Crippen LogP contribution in [0, 0.1) is 38.5 Å². The minimum Gasteiger partial charge on any atom is -0.481 e. The Morgan fingerprint density at radius 2 is 1.64 bits per heavy atom. The van der Waals surface area contributed by atoms with Gasteiger partial charge in [-0.2, -0.15) is 10.2 Å². The Morgan fingerprint density at radius 3 is 2.19 bits per heavy atom. The fourth-order valence-corrected chi connectivity index (χ4v) is 4.60. The maximum Gasteiger partial charge on any atom is 0.303 e. The van der Waals surface area contributed by atoms with Crippen LogP contribution in [0.5, 0.6) is 0 Å². The molecule has 36 heavy (non-hydrogen) atoms. The van der Waals surface area contributed by atoms with Crippen molar-refractivity contribution >= 4 is 41.3 Å². The van der Waals surface area contributed by atoms with E-state index in [9.17, 15) is 24.3 Å². The molecule has 190 valence electrons. The van der Waals surface area contributed by atoms with Crippen molar-refractivity contribution in [1.29, 1.82) is 0 Å². The molecule has 0 spiro atoms. The van der Waals surface area contributed by atoms with E-state index in [2.05, 4.69) is 20.9 Å². The fourth-order valence-electron chi connectivity index (χ4n) is 4.60. The number of benzene rings is 2. The third kappa shape index (κ3) is 6.12. The van der Waals surface area contributed by atoms with E-state index < -0.39 is 48.1 Å². The largest absolute Gasteiger partial charge is 0.481 e. The summed E-state index contributed by atoms with van der Waals surface area (Å²) in [4.78, 5) is 48.2. The van der Waals surface area contributed by atoms with E-state index in [-0.39, 0.29) is 12.9 Å². The first-order chi connectivity index (χ1) is 17.1. The molecule has 4 atom stereocenters. The van der Waals surface area contributed by atoms with Gasteiger partial charge in [-0.05, 0) is 80.1 Å². The Kier molecular flexibility index (Phi) is 8.52. The number of aryl methyl sites for hydroxylation is 3. The number of carboxylic acids is 1. The second-order valence-electron chi connectivity index (χ2n) is 8.97. The molecule has 10 heteroatoms. The topological polar surface area (TPSA) is 147 Å². The van der Waals surface area contributed by atoms with Crippen LogP contribution < -0.4 is 10.6 Å². The normalized spacial score (nSPS) is 21.2. The molecule has 0 saturated heterocycles. The average Bonchev–Trinajstić information content (AvgIpc) is 3.18. The highest BCUT2D eigenvalue weighted by Crippen LogP contribution is 2.42. The summed E-state index contributed by atoms with van der Waals surface area (Å²) in [5.41, 5.74) is 4.81. The molecule has 3 rings (SSSR count). The van der Waals surface area contributed by atoms with Gasteiger partial charge in [0.05, 0.1) is 17.3 Å². The van der Waals surface area contributed by atoms with Gasteiger partial charge in [0.2, 0.25) is 11.8 Å². The van der Waals surface area contributed by atoms with Gasteiger partial charge in [-0.25, -0.2) is 0 Å². The summed E-state index contributed by atoms with van der Waals surface area (Å²) in [6.45, 7) is 6.04. The third-order valence-electron chi connectivity index (χ3n) is 6.63. The predicted molar refractivity (Wildman–Crippen MR) is 132 cm³/mol. The minimum atomic E-state index is -1.15. The van der Waals surface area contributed by atoms with E-state index in [4.69, 9.17) is 4.74 Å². The zero-order chi connectivity index (χ0) is 26.4. The van der Waals surface area contributed by atoms with Crippen LogP contribution >= 0.6 is 0 Å². The Bertz CT molecular complexity index is 1190. The first kappa shape index (κ1) is 26.5. The molecule has 1 aliphatic rings. The van der Waals surface area contributed by atoms with E-state index in [1.54, 1.807) is 25.1 Å². The highest BCUT2D eigenvalue weighted by atomic mass is 16.5. The van der Waals surface area contributed by atoms with Gasteiger partial charge in [0, 0.05) is 25.1 Å². The Balaban J connectivity index is 1.80. The maximum absolute atomic E-state index is 13.3. The molecule has 1 fully saturated rings. The molecule has 0 aliphatic heterocycles. The molecule has 4 unspecified atom stereocenters. The number of hydrogen-bond acceptors (Lipinski definition) is 7. The first-order valence-electron chi connectivity index (χ1n) is 11.6. The second-order valence-corrected chi connectivity index (χ2v) is 8.97. The molecule has 3 N–H and O–H groups in total. The summed E-state index contributed by atoms with van der Waals surface area (Å²) in [7, 11) is 1.44. The Hall–Kier alpha value is -4.08. The van der Waals surface area contributed by atoms with Gasteiger partial charge in [0.15, 0.2) is 0 Å². The summed E-state index contributed by atoms with van der Waals surface area (Å²) >= 11 is 0. The van der Waals surface area contributed by atoms with Gasteiger partial charge >= 0.3 is 5.97 Å². The van der Waals surface area contributed by atoms with Crippen LogP contribution in [-0.4, -0.2) is 42.5 Å². The van der Waals surface area contributed by atoms with Gasteiger partial charge in [0.25, 0.3) is 6.47 Å². The van der Waals surface area contributed by atoms with Crippen molar-refractivity contribution in [3.63, 3.8) is 0 Å². The van der Waals surface area contributed by atoms with E-state index >= 15 is 0 Å². The van der Waals surface area contributed by atoms with Crippen molar-refractivity contribution in [2.24, 2.45) is 28.0 Å². The number of anilines is 1. The summed E-state index contributed by atoms with van der Waals surface area (Å²) in [5, 5.41) is 23.2. The lowest BCUT2D eigenvalue weighted by molar-refractivity contribution is -0.140. The predicted octanol–water partition coefficient (Wildman–Crippen LogP) is 3.98. The van der Waals surface area contributed by atoms with E-state index in [1.165, 1.54) is 12.6 Å². The van der Waals surface area contributed by atoms with Crippen LogP contribution in [0.1, 0.15) is 29.5 Å². The molecule has 1 saturated carbocycles. The molecule has 10 nitrogen and oxygen atoms in total. The van der Waals surface area contributed by atoms with Crippen molar-refractivity contribution in [3.8, 4) is 0 Å². The molecule has 1 aliphatic carbocycles. The average molecular weight is 495 g/mol. The van der Waals surface area contributed by atoms with Crippen LogP contribution in [0.25, 0.3) is 0 Å². The lowest BCUT2D eigenvalue weighted by Gasteiger charge is -2.24. The molecular weight excluding hydrogens is 464 g/mol. The molecular formula is C26H30N4O6. The molecule has 0 heterocycles. The number of nitrogens with zero attached hydrogens (tertiary/aromatic N) is 2. The van der Waals surface area contributed by atoms with Crippen LogP contribution in [0.4, 0.5) is 17.1 Å². The highest BCUT2D eigenvalue weighted by molar-refractivity contribution is 5.95. The lowest BCUT2D eigenvalue weighted by Crippen LogP contribution is -2.38. The van der Waals surface area contributed by atoms with Gasteiger partial charge in [-0.15, -0.1) is 0 Å². The minimum absolute atomic E-state index is 0.0607. The van der Waals surface area contributed by atoms with E-state index in [1.807, 2.05) is 32.0 Å². The van der Waals surface area contributed by atoms with Crippen molar-refractivity contribution < 1.29 is 29.0 Å². The van der Waals surface area contributed by atoms with Crippen molar-refractivity contribution in [1.82, 2.24) is 5.32 Å². The third-order valence-corrected chi connectivity index (χ3v) is 6.63. The second kappa shape index (κ2) is 11.6. The number of amides is 2. The van der Waals surface area contributed by atoms with Gasteiger partial charge in [-0.1, -0.05) is 6.07 Å². The Labute approximate surface area is 209 Å². The van der Waals surface area contributed by atoms with Crippen molar-refractivity contribution in [2.75, 3.05) is 12.4 Å². The number of aliphatic carboxylic acids is 1. The van der Waals surface area contributed by atoms with Gasteiger partial charge in [0.1, 0.15) is 6.10 Å². The number of hydrogen-bond donors (Lipinski definition) is 3. The molecule has 2 aromatic rings. The molecule has 2 amide bonds. The number of ether oxygens (including phenoxy) is 1. The number of azo groups is 1. The van der Waals surface area contributed by atoms with Crippen LogP contribution in [-0.2, 0) is 23.9 Å². The summed E-state index contributed by atoms with van der Waals surface area (Å²) in [5.74, 6) is -4.68. The zero-order valence-corrected chi connectivity index (χ0v) is 20.6. The number of carboxylic acid groups (broad SMARTS) is 1. The lowest BCUT2D eigenvalue weighted by atomic mass is 9.85. The van der Waals surface area contributed by atoms with Crippen LogP contribution in [0.2, 0.25) is 0 Å². The summed E-state index contributed by atoms with van der Waals surface area (Å²) in [6.07, 6.45) is -1.27. The first-order valence-corrected chi connectivity index (χ1v) is 11.6. The number of rotatable bonds is 9. The monoisotopic (exact) mass is 494 g/mol. The maximum atomic E-state index is 13.3. The SMILES string of the molecule is CNC(=O)C1CC(OC=O)C(C(=O)Nc2ccc(N=Nc3ccc(C)c(C)c3)cc2C)C1CC(=O)O. The summed E-state index contributed by atoms with van der Waals surface area (Å²) in [6, 6.07) is 10.9. The van der Waals surface area contributed by atoms with E-state index in [0.29, 0.717) is 16.9 Å². The highest BCUT2D eigenvalue weighted by Gasteiger charge is 2.51. The van der Waals surface area contributed by atoms with E-state index in [0.717, 1.165) is 11.3 Å². The number of carbonyl (C=O) groups is 4. The standard InChI is InChI=1S/C26H30N4O6/c1-14-5-6-17(9-15(14)2)29-30-18-7-8-21(16(3)10-18)28-26(35)24-19(12-23(32)33)20(25(34)27-4)11-22(24)36-13-31/h5-10,13,19-20,22,24H,11-12H2,1-4H3,(H,27,34)(H,28,35)(H,32,33). The Morgan fingerprint density at radius 1 is 1.00 bits per heavy atom. The smallest absolute Gasteiger partial charge is 0.303 e. The fraction of sp³-hybridized carbons (Fsp3) is 0.385. The number of nitrogens with one attached hydrogen (secondary N) is 2. The molecule has 2 aromatic carbocycles. The number of carbonyl (C=O) groups excluding carboxylic acids is 3. The van der Waals surface area contributed by atoms with Crippen LogP contribution in [0.3, 0.4) is 0 Å². The molecule has 0 aromatic heterocycles. The molecule has 0 bridgehead atoms. The van der Waals surface area contributed by atoms with Crippen molar-refractivity contribution in [3.05, 3.63) is 53.1 Å². The van der Waals surface area contributed by atoms with Gasteiger partial charge < -0.3 is 20.5 Å². The molecule has 0 radical (unpaired) electrons.